The van der Waals surface area contributed by atoms with Crippen molar-refractivity contribution in [3.63, 3.8) is 0 Å². The number of benzene rings is 9. The molecule has 0 aliphatic carbocycles. The molecule has 2 heteroatoms. The highest BCUT2D eigenvalue weighted by Crippen LogP contribution is 2.47. The Morgan fingerprint density at radius 1 is 0.346 bits per heavy atom. The number of fused-ring (bicyclic) bond motifs is 6. The predicted octanol–water partition coefficient (Wildman–Crippen LogP) is 14.4. The van der Waals surface area contributed by atoms with Gasteiger partial charge in [0, 0.05) is 22.0 Å². The van der Waals surface area contributed by atoms with Crippen LogP contribution in [0, 0.1) is 0 Å². The van der Waals surface area contributed by atoms with Crippen LogP contribution >= 0.6 is 0 Å². The second-order valence-electron chi connectivity index (χ2n) is 13.3. The molecule has 1 aromatic heterocycles. The first-order chi connectivity index (χ1) is 25.8. The Kier molecular flexibility index (Phi) is 7.18. The molecule has 244 valence electrons. The van der Waals surface area contributed by atoms with Gasteiger partial charge in [-0.3, -0.25) is 0 Å². The molecule has 52 heavy (non-hydrogen) atoms. The largest absolute Gasteiger partial charge is 0.455 e. The van der Waals surface area contributed by atoms with Crippen LogP contribution in [-0.4, -0.2) is 0 Å². The average molecular weight is 664 g/mol. The molecule has 10 rings (SSSR count). The van der Waals surface area contributed by atoms with E-state index in [2.05, 4.69) is 205 Å². The lowest BCUT2D eigenvalue weighted by Gasteiger charge is -2.28. The zero-order chi connectivity index (χ0) is 34.4. The first-order valence-corrected chi connectivity index (χ1v) is 17.8. The Morgan fingerprint density at radius 2 is 0.962 bits per heavy atom. The topological polar surface area (TPSA) is 16.4 Å². The summed E-state index contributed by atoms with van der Waals surface area (Å²) in [6.45, 7) is 0. The fourth-order valence-electron chi connectivity index (χ4n) is 7.81. The maximum atomic E-state index is 6.67. The van der Waals surface area contributed by atoms with Gasteiger partial charge in [-0.15, -0.1) is 0 Å². The zero-order valence-corrected chi connectivity index (χ0v) is 28.4. The lowest BCUT2D eigenvalue weighted by Crippen LogP contribution is -2.11. The number of hydrogen-bond acceptors (Lipinski definition) is 2. The van der Waals surface area contributed by atoms with Crippen molar-refractivity contribution in [3.05, 3.63) is 200 Å². The van der Waals surface area contributed by atoms with Crippen molar-refractivity contribution in [1.29, 1.82) is 0 Å². The van der Waals surface area contributed by atoms with Crippen molar-refractivity contribution in [2.24, 2.45) is 0 Å². The first kappa shape index (κ1) is 30.0. The van der Waals surface area contributed by atoms with Gasteiger partial charge in [0.1, 0.15) is 11.2 Å². The first-order valence-electron chi connectivity index (χ1n) is 17.8. The van der Waals surface area contributed by atoms with Crippen molar-refractivity contribution < 1.29 is 4.42 Å². The highest BCUT2D eigenvalue weighted by molar-refractivity contribution is 6.19. The number of hydrogen-bond donors (Lipinski definition) is 0. The van der Waals surface area contributed by atoms with Crippen molar-refractivity contribution in [2.45, 2.75) is 0 Å². The maximum absolute atomic E-state index is 6.67. The molecule has 0 spiro atoms. The fraction of sp³-hybridized carbons (Fsp3) is 0. The molecule has 1 heterocycles. The number of rotatable bonds is 6. The monoisotopic (exact) mass is 663 g/mol. The van der Waals surface area contributed by atoms with Crippen LogP contribution in [0.15, 0.2) is 205 Å². The van der Waals surface area contributed by atoms with Crippen LogP contribution in [0.2, 0.25) is 0 Å². The van der Waals surface area contributed by atoms with Crippen LogP contribution in [0.1, 0.15) is 0 Å². The second-order valence-corrected chi connectivity index (χ2v) is 13.3. The van der Waals surface area contributed by atoms with E-state index in [0.717, 1.165) is 50.0 Å². The lowest BCUT2D eigenvalue weighted by atomic mass is 9.95. The molecular weight excluding hydrogens is 631 g/mol. The van der Waals surface area contributed by atoms with E-state index in [-0.39, 0.29) is 0 Å². The van der Waals surface area contributed by atoms with Gasteiger partial charge in [-0.1, -0.05) is 158 Å². The van der Waals surface area contributed by atoms with Crippen molar-refractivity contribution >= 4 is 60.5 Å². The molecule has 0 bridgehead atoms. The highest BCUT2D eigenvalue weighted by atomic mass is 16.3. The molecule has 0 saturated carbocycles. The van der Waals surface area contributed by atoms with Gasteiger partial charge >= 0.3 is 0 Å². The molecule has 0 saturated heterocycles. The quantitative estimate of drug-likeness (QED) is 0.176. The van der Waals surface area contributed by atoms with Gasteiger partial charge in [-0.05, 0) is 86.4 Å². The fourth-order valence-corrected chi connectivity index (χ4v) is 7.81. The molecule has 9 aromatic carbocycles. The maximum Gasteiger partial charge on any atom is 0.143 e. The minimum atomic E-state index is 0.868. The third-order valence-corrected chi connectivity index (χ3v) is 10.3. The Labute approximate surface area is 302 Å². The van der Waals surface area contributed by atoms with Gasteiger partial charge in [0.2, 0.25) is 0 Å². The van der Waals surface area contributed by atoms with E-state index in [9.17, 15) is 0 Å². The molecule has 0 unspecified atom stereocenters. The van der Waals surface area contributed by atoms with Crippen LogP contribution in [-0.2, 0) is 0 Å². The zero-order valence-electron chi connectivity index (χ0n) is 28.4. The average Bonchev–Trinajstić information content (AvgIpc) is 3.62. The summed E-state index contributed by atoms with van der Waals surface area (Å²) >= 11 is 0. The Hall–Kier alpha value is -6.90. The summed E-state index contributed by atoms with van der Waals surface area (Å²) in [5.41, 5.74) is 12.2. The Morgan fingerprint density at radius 3 is 1.83 bits per heavy atom. The molecule has 0 atom stereocenters. The summed E-state index contributed by atoms with van der Waals surface area (Å²) in [6, 6.07) is 71.6. The van der Waals surface area contributed by atoms with Crippen LogP contribution in [0.4, 0.5) is 17.1 Å². The number of anilines is 3. The summed E-state index contributed by atoms with van der Waals surface area (Å²) in [6.07, 6.45) is 0. The van der Waals surface area contributed by atoms with E-state index in [1.807, 2.05) is 0 Å². The lowest BCUT2D eigenvalue weighted by molar-refractivity contribution is 0.672. The summed E-state index contributed by atoms with van der Waals surface area (Å²) in [4.78, 5) is 2.39. The van der Waals surface area contributed by atoms with E-state index in [1.165, 1.54) is 44.0 Å². The minimum absolute atomic E-state index is 0.868. The molecule has 0 aliphatic heterocycles. The van der Waals surface area contributed by atoms with Crippen molar-refractivity contribution in [3.8, 4) is 33.4 Å². The van der Waals surface area contributed by atoms with E-state index in [0.29, 0.717) is 0 Å². The van der Waals surface area contributed by atoms with Gasteiger partial charge in [-0.2, -0.15) is 0 Å². The summed E-state index contributed by atoms with van der Waals surface area (Å²) < 4.78 is 6.67. The van der Waals surface area contributed by atoms with Crippen LogP contribution < -0.4 is 4.90 Å². The van der Waals surface area contributed by atoms with E-state index in [1.54, 1.807) is 0 Å². The van der Waals surface area contributed by atoms with Gasteiger partial charge in [0.15, 0.2) is 0 Å². The predicted molar refractivity (Wildman–Crippen MR) is 220 cm³/mol. The van der Waals surface area contributed by atoms with Gasteiger partial charge in [0.05, 0.1) is 16.8 Å². The SMILES string of the molecule is c1ccc(-c2ccccc2N(c2ccc(-c3cccc(-c4cccc5ccccc45)c3)cc2)c2cccc3oc4c5ccccc5ccc4c23)cc1. The molecule has 0 amide bonds. The summed E-state index contributed by atoms with van der Waals surface area (Å²) in [5, 5.41) is 7.00. The molecule has 0 radical (unpaired) electrons. The van der Waals surface area contributed by atoms with Crippen LogP contribution in [0.3, 0.4) is 0 Å². The van der Waals surface area contributed by atoms with Crippen LogP contribution in [0.5, 0.6) is 0 Å². The number of nitrogens with zero attached hydrogens (tertiary/aromatic N) is 1. The highest BCUT2D eigenvalue weighted by Gasteiger charge is 2.22. The standard InChI is InChI=1S/C50H33NO/c1-2-13-36(14-3-1)43-21-8-9-24-46(43)51(47-25-12-26-48-49(47)45-32-29-37-16-5-7-22-44(37)50(45)52-48)40-30-27-34(28-31-40)38-18-10-19-39(33-38)42-23-11-17-35-15-4-6-20-41(35)42/h1-33H. The third-order valence-electron chi connectivity index (χ3n) is 10.3. The molecular formula is C50H33NO. The van der Waals surface area contributed by atoms with Crippen molar-refractivity contribution in [1.82, 2.24) is 0 Å². The normalized spacial score (nSPS) is 11.5. The van der Waals surface area contributed by atoms with Gasteiger partial charge in [-0.25, -0.2) is 0 Å². The van der Waals surface area contributed by atoms with Crippen LogP contribution in [0.25, 0.3) is 76.9 Å². The summed E-state index contributed by atoms with van der Waals surface area (Å²) in [5.74, 6) is 0. The molecule has 2 nitrogen and oxygen atoms in total. The van der Waals surface area contributed by atoms with E-state index in [4.69, 9.17) is 4.42 Å². The van der Waals surface area contributed by atoms with E-state index >= 15 is 0 Å². The third kappa shape index (κ3) is 5.04. The Bertz CT molecular complexity index is 2900. The molecule has 0 aliphatic rings. The number of para-hydroxylation sites is 1. The smallest absolute Gasteiger partial charge is 0.143 e. The number of furan rings is 1. The molecule has 0 fully saturated rings. The van der Waals surface area contributed by atoms with Gasteiger partial charge in [0.25, 0.3) is 0 Å². The molecule has 0 N–H and O–H groups in total. The van der Waals surface area contributed by atoms with Gasteiger partial charge < -0.3 is 9.32 Å². The second kappa shape index (κ2) is 12.5. The summed E-state index contributed by atoms with van der Waals surface area (Å²) in [7, 11) is 0. The minimum Gasteiger partial charge on any atom is -0.455 e. The van der Waals surface area contributed by atoms with Crippen molar-refractivity contribution in [2.75, 3.05) is 4.90 Å². The van der Waals surface area contributed by atoms with E-state index < -0.39 is 0 Å². The molecule has 10 aromatic rings. The Balaban J connectivity index is 1.15.